The molecule has 2 heterocycles. The summed E-state index contributed by atoms with van der Waals surface area (Å²) in [4.78, 5) is 31.2. The molecule has 23 heavy (non-hydrogen) atoms. The Morgan fingerprint density at radius 2 is 1.87 bits per heavy atom. The highest BCUT2D eigenvalue weighted by molar-refractivity contribution is 6.06. The normalized spacial score (nSPS) is 10.9. The van der Waals surface area contributed by atoms with Crippen LogP contribution < -0.4 is 0 Å². The number of nitrogens with zero attached hydrogens (tertiary/aromatic N) is 4. The third kappa shape index (κ3) is 2.63. The van der Waals surface area contributed by atoms with Crippen LogP contribution >= 0.6 is 0 Å². The highest BCUT2D eigenvalue weighted by Gasteiger charge is 2.17. The lowest BCUT2D eigenvalue weighted by molar-refractivity contribution is -0.108. The van der Waals surface area contributed by atoms with Gasteiger partial charge in [-0.3, -0.25) is 9.48 Å². The van der Waals surface area contributed by atoms with E-state index in [4.69, 9.17) is 0 Å². The first-order chi connectivity index (χ1) is 11.0. The van der Waals surface area contributed by atoms with E-state index in [2.05, 4.69) is 15.1 Å². The number of aromatic nitrogens is 4. The van der Waals surface area contributed by atoms with Crippen LogP contribution in [0, 0.1) is 13.8 Å². The van der Waals surface area contributed by atoms with Crippen molar-refractivity contribution in [2.45, 2.75) is 27.3 Å². The molecule has 0 fully saturated rings. The van der Waals surface area contributed by atoms with Crippen molar-refractivity contribution in [2.75, 3.05) is 0 Å². The number of rotatable bonds is 4. The van der Waals surface area contributed by atoms with Gasteiger partial charge in [-0.05, 0) is 37.1 Å². The zero-order valence-corrected chi connectivity index (χ0v) is 13.2. The summed E-state index contributed by atoms with van der Waals surface area (Å²) in [6, 6.07) is 3.89. The van der Waals surface area contributed by atoms with Gasteiger partial charge in [0, 0.05) is 30.3 Å². The van der Waals surface area contributed by atoms with E-state index in [1.165, 1.54) is 6.92 Å². The molecule has 0 atom stereocenters. The van der Waals surface area contributed by atoms with Crippen LogP contribution in [0.3, 0.4) is 0 Å². The summed E-state index contributed by atoms with van der Waals surface area (Å²) in [5, 5.41) is 5.04. The molecule has 2 aromatic heterocycles. The molecular formula is C17H16N4O2. The summed E-state index contributed by atoms with van der Waals surface area (Å²) in [6.45, 7) is 5.37. The predicted molar refractivity (Wildman–Crippen MR) is 86.3 cm³/mol. The molecule has 0 unspecified atom stereocenters. The summed E-state index contributed by atoms with van der Waals surface area (Å²) in [7, 11) is 0. The van der Waals surface area contributed by atoms with Crippen molar-refractivity contribution in [2.24, 2.45) is 0 Å². The second kappa shape index (κ2) is 5.72. The van der Waals surface area contributed by atoms with E-state index in [1.54, 1.807) is 17.1 Å². The lowest BCUT2D eigenvalue weighted by atomic mass is 10.0. The summed E-state index contributed by atoms with van der Waals surface area (Å²) in [5.41, 5.74) is 3.92. The van der Waals surface area contributed by atoms with Crippen LogP contribution in [0.25, 0.3) is 22.0 Å². The van der Waals surface area contributed by atoms with Crippen LogP contribution in [0.1, 0.15) is 28.8 Å². The minimum Gasteiger partial charge on any atom is -0.301 e. The van der Waals surface area contributed by atoms with Gasteiger partial charge in [-0.25, -0.2) is 9.97 Å². The number of aryl methyl sites for hydroxylation is 2. The summed E-state index contributed by atoms with van der Waals surface area (Å²) >= 11 is 0. The van der Waals surface area contributed by atoms with E-state index in [9.17, 15) is 9.59 Å². The number of ketones is 1. The fourth-order valence-electron chi connectivity index (χ4n) is 2.70. The molecule has 0 aliphatic carbocycles. The van der Waals surface area contributed by atoms with Crippen molar-refractivity contribution >= 4 is 23.0 Å². The van der Waals surface area contributed by atoms with Crippen LogP contribution in [0.5, 0.6) is 0 Å². The van der Waals surface area contributed by atoms with E-state index in [1.807, 2.05) is 26.0 Å². The van der Waals surface area contributed by atoms with Crippen LogP contribution in [0.2, 0.25) is 0 Å². The Morgan fingerprint density at radius 1 is 1.17 bits per heavy atom. The van der Waals surface area contributed by atoms with E-state index < -0.39 is 0 Å². The van der Waals surface area contributed by atoms with Crippen LogP contribution in [0.4, 0.5) is 0 Å². The molecule has 0 saturated heterocycles. The molecule has 0 N–H and O–H groups in total. The van der Waals surface area contributed by atoms with E-state index >= 15 is 0 Å². The predicted octanol–water partition coefficient (Wildman–Crippen LogP) is 2.51. The second-order valence-electron chi connectivity index (χ2n) is 5.46. The van der Waals surface area contributed by atoms with Crippen LogP contribution in [-0.4, -0.2) is 31.8 Å². The average molecular weight is 308 g/mol. The first kappa shape index (κ1) is 15.0. The fourth-order valence-corrected chi connectivity index (χ4v) is 2.70. The zero-order valence-electron chi connectivity index (χ0n) is 13.2. The molecule has 0 amide bonds. The van der Waals surface area contributed by atoms with Gasteiger partial charge in [0.05, 0.1) is 12.1 Å². The van der Waals surface area contributed by atoms with Crippen molar-refractivity contribution in [1.82, 2.24) is 19.7 Å². The maximum absolute atomic E-state index is 11.9. The topological polar surface area (TPSA) is 77.7 Å². The molecule has 0 bridgehead atoms. The first-order valence-corrected chi connectivity index (χ1v) is 7.26. The van der Waals surface area contributed by atoms with Gasteiger partial charge in [-0.15, -0.1) is 0 Å². The quantitative estimate of drug-likeness (QED) is 0.546. The maximum Gasteiger partial charge on any atom is 0.180 e. The monoisotopic (exact) mass is 308 g/mol. The number of aldehydes is 1. The van der Waals surface area contributed by atoms with Crippen molar-refractivity contribution < 1.29 is 9.59 Å². The van der Waals surface area contributed by atoms with Gasteiger partial charge in [0.1, 0.15) is 17.8 Å². The largest absolute Gasteiger partial charge is 0.301 e. The van der Waals surface area contributed by atoms with Crippen molar-refractivity contribution in [3.63, 3.8) is 0 Å². The van der Waals surface area contributed by atoms with Gasteiger partial charge in [-0.1, -0.05) is 0 Å². The first-order valence-electron chi connectivity index (χ1n) is 7.26. The molecule has 0 aliphatic rings. The number of benzene rings is 1. The summed E-state index contributed by atoms with van der Waals surface area (Å²) in [5.74, 6) is 0.575. The lowest BCUT2D eigenvalue weighted by Crippen LogP contribution is -2.03. The number of Topliss-reactive ketones (excluding diaryl/α,β-unsaturated/α-hetero) is 1. The van der Waals surface area contributed by atoms with Gasteiger partial charge < -0.3 is 4.79 Å². The Morgan fingerprint density at radius 3 is 2.48 bits per heavy atom. The highest BCUT2D eigenvalue weighted by Crippen LogP contribution is 2.29. The Kier molecular flexibility index (Phi) is 3.73. The van der Waals surface area contributed by atoms with Crippen molar-refractivity contribution in [3.8, 4) is 11.1 Å². The van der Waals surface area contributed by atoms with Gasteiger partial charge in [0.25, 0.3) is 0 Å². The smallest absolute Gasteiger partial charge is 0.180 e. The molecule has 0 spiro atoms. The van der Waals surface area contributed by atoms with Gasteiger partial charge in [0.2, 0.25) is 0 Å². The number of hydrogen-bond acceptors (Lipinski definition) is 5. The number of carbonyl (C=O) groups is 2. The zero-order chi connectivity index (χ0) is 16.6. The summed E-state index contributed by atoms with van der Waals surface area (Å²) < 4.78 is 1.57. The molecule has 0 saturated carbocycles. The second-order valence-corrected chi connectivity index (χ2v) is 5.46. The molecule has 116 valence electrons. The Balaban J connectivity index is 2.28. The van der Waals surface area contributed by atoms with Crippen LogP contribution in [0.15, 0.2) is 24.5 Å². The average Bonchev–Trinajstić information content (AvgIpc) is 2.88. The van der Waals surface area contributed by atoms with E-state index in [0.717, 1.165) is 33.9 Å². The van der Waals surface area contributed by atoms with Crippen molar-refractivity contribution in [1.29, 1.82) is 0 Å². The maximum atomic E-state index is 11.9. The van der Waals surface area contributed by atoms with Gasteiger partial charge >= 0.3 is 0 Å². The van der Waals surface area contributed by atoms with E-state index in [0.29, 0.717) is 11.5 Å². The number of hydrogen-bond donors (Lipinski definition) is 0. The highest BCUT2D eigenvalue weighted by atomic mass is 16.1. The number of carbonyl (C=O) groups excluding carboxylic acids is 2. The lowest BCUT2D eigenvalue weighted by Gasteiger charge is -2.06. The fraction of sp³-hybridized carbons (Fsp3) is 0.235. The van der Waals surface area contributed by atoms with Gasteiger partial charge in [-0.2, -0.15) is 5.10 Å². The van der Waals surface area contributed by atoms with Gasteiger partial charge in [0.15, 0.2) is 5.78 Å². The molecule has 3 aromatic rings. The number of fused-ring (bicyclic) bond motifs is 1. The summed E-state index contributed by atoms with van der Waals surface area (Å²) in [6.07, 6.45) is 4.29. The molecule has 3 rings (SSSR count). The molecule has 1 aromatic carbocycles. The molecular weight excluding hydrogens is 292 g/mol. The molecule has 0 radical (unpaired) electrons. The minimum atomic E-state index is -0.128. The Bertz CT molecular complexity index is 910. The SMILES string of the molecule is CC(=O)c1nn(CC=O)c2c(C)cc(-c3cnc(C)nc3)cc12. The third-order valence-corrected chi connectivity index (χ3v) is 3.73. The van der Waals surface area contributed by atoms with Crippen molar-refractivity contribution in [3.05, 3.63) is 41.6 Å². The minimum absolute atomic E-state index is 0.123. The Labute approximate surface area is 133 Å². The van der Waals surface area contributed by atoms with E-state index in [-0.39, 0.29) is 12.3 Å². The van der Waals surface area contributed by atoms with Crippen LogP contribution in [-0.2, 0) is 11.3 Å². The molecule has 6 nitrogen and oxygen atoms in total. The third-order valence-electron chi connectivity index (χ3n) is 3.73. The standard InChI is InChI=1S/C17H16N4O2/c1-10-6-13(14-8-18-12(3)19-9-14)7-15-16(11(2)23)20-21(4-5-22)17(10)15/h5-9H,4H2,1-3H3. The molecule has 0 aliphatic heterocycles. The Hall–Kier alpha value is -2.89. The molecule has 6 heteroatoms.